The summed E-state index contributed by atoms with van der Waals surface area (Å²) >= 11 is 1.20. The Labute approximate surface area is 153 Å². The Morgan fingerprint density at radius 2 is 2.04 bits per heavy atom. The summed E-state index contributed by atoms with van der Waals surface area (Å²) in [5, 5.41) is 15.9. The van der Waals surface area contributed by atoms with Crippen molar-refractivity contribution in [3.63, 3.8) is 0 Å². The molecule has 134 valence electrons. The van der Waals surface area contributed by atoms with Gasteiger partial charge < -0.3 is 9.94 Å². The van der Waals surface area contributed by atoms with Crippen LogP contribution in [0.5, 0.6) is 0 Å². The molecule has 0 fully saturated rings. The second-order valence-electron chi connectivity index (χ2n) is 5.89. The molecule has 0 saturated carbocycles. The topological polar surface area (TPSA) is 93.8 Å². The Morgan fingerprint density at radius 1 is 1.31 bits per heavy atom. The second-order valence-corrected chi connectivity index (χ2v) is 6.75. The molecule has 1 N–H and O–H groups in total. The molecule has 0 atom stereocenters. The number of carboxylic acid groups (broad SMARTS) is 1. The van der Waals surface area contributed by atoms with Crippen LogP contribution in [-0.2, 0) is 4.84 Å². The highest BCUT2D eigenvalue weighted by Crippen LogP contribution is 2.25. The number of aromatic nitrogens is 2. The third kappa shape index (κ3) is 3.11. The third-order valence-corrected chi connectivity index (χ3v) is 4.70. The van der Waals surface area contributed by atoms with Gasteiger partial charge in [-0.05, 0) is 6.07 Å². The van der Waals surface area contributed by atoms with Crippen LogP contribution in [0.25, 0.3) is 10.9 Å². The van der Waals surface area contributed by atoms with Crippen LogP contribution < -0.4 is 0 Å². The zero-order chi connectivity index (χ0) is 18.8. The summed E-state index contributed by atoms with van der Waals surface area (Å²) in [7, 11) is 1.46. The predicted molar refractivity (Wildman–Crippen MR) is 99.3 cm³/mol. The number of ketones is 1. The molecule has 0 spiro atoms. The Morgan fingerprint density at radius 3 is 2.69 bits per heavy atom. The molecule has 0 unspecified atom stereocenters. The molecular formula is C18H17N3O4S. The maximum absolute atomic E-state index is 12.9. The van der Waals surface area contributed by atoms with Gasteiger partial charge in [-0.2, -0.15) is 0 Å². The number of hydrogen-bond donors (Lipinski definition) is 1. The molecule has 0 bridgehead atoms. The summed E-state index contributed by atoms with van der Waals surface area (Å²) in [4.78, 5) is 33.6. The molecule has 0 amide bonds. The second kappa shape index (κ2) is 7.09. The highest BCUT2D eigenvalue weighted by Gasteiger charge is 2.22. The fraction of sp³-hybridized carbons (Fsp3) is 0.222. The van der Waals surface area contributed by atoms with Gasteiger partial charge in [0, 0.05) is 22.9 Å². The molecule has 8 heteroatoms. The molecule has 0 saturated heterocycles. The molecule has 0 aliphatic carbocycles. The monoisotopic (exact) mass is 371 g/mol. The highest BCUT2D eigenvalue weighted by atomic mass is 32.1. The molecule has 2 aromatic heterocycles. The van der Waals surface area contributed by atoms with E-state index in [-0.39, 0.29) is 16.7 Å². The first-order valence-corrected chi connectivity index (χ1v) is 8.77. The maximum atomic E-state index is 12.9. The van der Waals surface area contributed by atoms with E-state index < -0.39 is 6.09 Å². The van der Waals surface area contributed by atoms with E-state index in [1.807, 2.05) is 13.8 Å². The predicted octanol–water partition coefficient (Wildman–Crippen LogP) is 3.86. The lowest BCUT2D eigenvalue weighted by Crippen LogP contribution is -2.11. The number of carbonyl (C=O) groups is 2. The van der Waals surface area contributed by atoms with Gasteiger partial charge in [0.05, 0.1) is 16.8 Å². The zero-order valence-electron chi connectivity index (χ0n) is 14.5. The van der Waals surface area contributed by atoms with Crippen LogP contribution in [0.4, 0.5) is 4.79 Å². The summed E-state index contributed by atoms with van der Waals surface area (Å²) in [6.45, 7) is 3.92. The smallest absolute Gasteiger partial charge is 0.416 e. The van der Waals surface area contributed by atoms with Gasteiger partial charge in [0.2, 0.25) is 5.78 Å². The van der Waals surface area contributed by atoms with Crippen LogP contribution in [0.15, 0.2) is 41.0 Å². The number of oxime groups is 1. The molecule has 1 aromatic carbocycles. The number of rotatable bonds is 5. The molecule has 26 heavy (non-hydrogen) atoms. The number of carbonyl (C=O) groups excluding carboxylic acids is 1. The number of fused-ring (bicyclic) bond motifs is 1. The zero-order valence-corrected chi connectivity index (χ0v) is 15.3. The van der Waals surface area contributed by atoms with Crippen LogP contribution in [0.3, 0.4) is 0 Å². The molecule has 0 aliphatic rings. The fourth-order valence-electron chi connectivity index (χ4n) is 2.68. The number of nitrogens with zero attached hydrogens (tertiary/aromatic N) is 3. The van der Waals surface area contributed by atoms with E-state index in [1.54, 1.807) is 29.6 Å². The quantitative estimate of drug-likeness (QED) is 0.417. The Hall–Kier alpha value is -3.00. The van der Waals surface area contributed by atoms with E-state index in [1.165, 1.54) is 24.6 Å². The van der Waals surface area contributed by atoms with Crippen molar-refractivity contribution in [2.24, 2.45) is 11.1 Å². The van der Waals surface area contributed by atoms with Crippen molar-refractivity contribution in [3.8, 4) is 0 Å². The molecule has 2 heterocycles. The Kier molecular flexibility index (Phi) is 4.85. The first-order chi connectivity index (χ1) is 12.4. The van der Waals surface area contributed by atoms with Gasteiger partial charge in [-0.1, -0.05) is 37.2 Å². The standard InChI is InChI=1S/C18H17N3O4S/c1-10(2)15(20-25-3)13-9-26-17(19-13)16(22)12-8-21(18(23)24)14-7-5-4-6-11(12)14/h4-10H,1-3H3,(H,23,24). The average Bonchev–Trinajstić information content (AvgIpc) is 3.24. The number of thiazole rings is 1. The van der Waals surface area contributed by atoms with Gasteiger partial charge in [0.25, 0.3) is 0 Å². The summed E-state index contributed by atoms with van der Waals surface area (Å²) in [5.74, 6) is -0.244. The van der Waals surface area contributed by atoms with Crippen molar-refractivity contribution in [3.05, 3.63) is 52.1 Å². The number of para-hydroxylation sites is 1. The normalized spacial score (nSPS) is 11.9. The highest BCUT2D eigenvalue weighted by molar-refractivity contribution is 7.12. The van der Waals surface area contributed by atoms with Gasteiger partial charge in [0.15, 0.2) is 5.01 Å². The Balaban J connectivity index is 2.05. The van der Waals surface area contributed by atoms with E-state index in [4.69, 9.17) is 4.84 Å². The van der Waals surface area contributed by atoms with Crippen molar-refractivity contribution < 1.29 is 19.5 Å². The molecule has 7 nitrogen and oxygen atoms in total. The lowest BCUT2D eigenvalue weighted by Gasteiger charge is -2.05. The first kappa shape index (κ1) is 17.8. The SMILES string of the molecule is CON=C(c1csc(C(=O)c2cn(C(=O)O)c3ccccc23)n1)C(C)C. The van der Waals surface area contributed by atoms with Crippen molar-refractivity contribution in [1.29, 1.82) is 0 Å². The van der Waals surface area contributed by atoms with Crippen LogP contribution >= 0.6 is 11.3 Å². The van der Waals surface area contributed by atoms with Gasteiger partial charge in [-0.25, -0.2) is 9.78 Å². The molecular weight excluding hydrogens is 354 g/mol. The van der Waals surface area contributed by atoms with Crippen LogP contribution in [0.2, 0.25) is 0 Å². The summed E-state index contributed by atoms with van der Waals surface area (Å²) in [6, 6.07) is 6.88. The maximum Gasteiger partial charge on any atom is 0.416 e. The minimum atomic E-state index is -1.14. The van der Waals surface area contributed by atoms with Crippen molar-refractivity contribution in [1.82, 2.24) is 9.55 Å². The molecule has 0 aliphatic heterocycles. The molecule has 3 rings (SSSR count). The van der Waals surface area contributed by atoms with Gasteiger partial charge in [0.1, 0.15) is 12.8 Å². The summed E-state index contributed by atoms with van der Waals surface area (Å²) in [6.07, 6.45) is 0.192. The molecule has 0 radical (unpaired) electrons. The summed E-state index contributed by atoms with van der Waals surface area (Å²) in [5.41, 5.74) is 2.00. The minimum Gasteiger partial charge on any atom is -0.464 e. The number of benzene rings is 1. The number of hydrogen-bond acceptors (Lipinski definition) is 6. The lowest BCUT2D eigenvalue weighted by atomic mass is 10.1. The van der Waals surface area contributed by atoms with E-state index in [9.17, 15) is 14.7 Å². The van der Waals surface area contributed by atoms with Gasteiger partial charge in [-0.15, -0.1) is 11.3 Å². The van der Waals surface area contributed by atoms with Crippen molar-refractivity contribution in [2.75, 3.05) is 7.11 Å². The van der Waals surface area contributed by atoms with Crippen LogP contribution in [-0.4, -0.2) is 39.4 Å². The van der Waals surface area contributed by atoms with Crippen molar-refractivity contribution in [2.45, 2.75) is 13.8 Å². The van der Waals surface area contributed by atoms with Crippen LogP contribution in [0, 0.1) is 5.92 Å². The van der Waals surface area contributed by atoms with Gasteiger partial charge in [-0.3, -0.25) is 9.36 Å². The third-order valence-electron chi connectivity index (χ3n) is 3.86. The van der Waals surface area contributed by atoms with E-state index in [0.29, 0.717) is 27.9 Å². The van der Waals surface area contributed by atoms with Gasteiger partial charge >= 0.3 is 6.09 Å². The van der Waals surface area contributed by atoms with E-state index in [0.717, 1.165) is 4.57 Å². The Bertz CT molecular complexity index is 1020. The van der Waals surface area contributed by atoms with Crippen LogP contribution in [0.1, 0.15) is 34.9 Å². The lowest BCUT2D eigenvalue weighted by molar-refractivity contribution is 0.104. The fourth-order valence-corrected chi connectivity index (χ4v) is 3.44. The minimum absolute atomic E-state index is 0.0777. The largest absolute Gasteiger partial charge is 0.464 e. The summed E-state index contributed by atoms with van der Waals surface area (Å²) < 4.78 is 1.04. The molecule has 3 aromatic rings. The van der Waals surface area contributed by atoms with E-state index >= 15 is 0 Å². The van der Waals surface area contributed by atoms with E-state index in [2.05, 4.69) is 10.1 Å². The van der Waals surface area contributed by atoms with Crippen molar-refractivity contribution >= 4 is 39.8 Å². The average molecular weight is 371 g/mol. The first-order valence-electron chi connectivity index (χ1n) is 7.89.